The van der Waals surface area contributed by atoms with Crippen LogP contribution in [0.3, 0.4) is 0 Å². The van der Waals surface area contributed by atoms with E-state index in [9.17, 15) is 22.4 Å². The summed E-state index contributed by atoms with van der Waals surface area (Å²) in [5.74, 6) is -1.71. The molecule has 0 aliphatic heterocycles. The number of hydrogen-bond acceptors (Lipinski definition) is 2. The van der Waals surface area contributed by atoms with Crippen LogP contribution in [-0.2, 0) is 12.6 Å². The molecule has 0 aliphatic carbocycles. The minimum atomic E-state index is -4.62. The standard InChI is InChI=1S/C15H11F4NO/c1-9-3-2-6-20-13(9)8-14(21)11-7-10(15(17,18)19)4-5-12(11)16/h2-7H,8H2,1H3. The van der Waals surface area contributed by atoms with E-state index >= 15 is 0 Å². The van der Waals surface area contributed by atoms with E-state index in [4.69, 9.17) is 0 Å². The van der Waals surface area contributed by atoms with Crippen LogP contribution in [-0.4, -0.2) is 10.8 Å². The number of carbonyl (C=O) groups excluding carboxylic acids is 1. The summed E-state index contributed by atoms with van der Waals surface area (Å²) < 4.78 is 51.4. The SMILES string of the molecule is Cc1cccnc1CC(=O)c1cc(C(F)(F)F)ccc1F. The van der Waals surface area contributed by atoms with Gasteiger partial charge in [0.15, 0.2) is 5.78 Å². The van der Waals surface area contributed by atoms with Crippen molar-refractivity contribution in [3.8, 4) is 0 Å². The highest BCUT2D eigenvalue weighted by Crippen LogP contribution is 2.30. The van der Waals surface area contributed by atoms with Crippen molar-refractivity contribution in [3.63, 3.8) is 0 Å². The lowest BCUT2D eigenvalue weighted by Crippen LogP contribution is -2.12. The number of pyridine rings is 1. The predicted molar refractivity (Wildman–Crippen MR) is 68.4 cm³/mol. The number of Topliss-reactive ketones (excluding diaryl/α,β-unsaturated/α-hetero) is 1. The number of carbonyl (C=O) groups is 1. The lowest BCUT2D eigenvalue weighted by molar-refractivity contribution is -0.137. The number of aryl methyl sites for hydroxylation is 1. The zero-order chi connectivity index (χ0) is 15.6. The van der Waals surface area contributed by atoms with Gasteiger partial charge in [-0.1, -0.05) is 6.07 Å². The van der Waals surface area contributed by atoms with Crippen LogP contribution >= 0.6 is 0 Å². The van der Waals surface area contributed by atoms with Crippen molar-refractivity contribution in [3.05, 3.63) is 64.7 Å². The van der Waals surface area contributed by atoms with Crippen molar-refractivity contribution in [2.45, 2.75) is 19.5 Å². The molecule has 0 amide bonds. The lowest BCUT2D eigenvalue weighted by Gasteiger charge is -2.09. The Labute approximate surface area is 118 Å². The van der Waals surface area contributed by atoms with E-state index in [1.54, 1.807) is 19.1 Å². The second kappa shape index (κ2) is 5.63. The normalized spacial score (nSPS) is 11.5. The molecule has 0 spiro atoms. The van der Waals surface area contributed by atoms with Crippen LogP contribution in [0.4, 0.5) is 17.6 Å². The molecule has 2 nitrogen and oxygen atoms in total. The van der Waals surface area contributed by atoms with Crippen molar-refractivity contribution in [1.29, 1.82) is 0 Å². The summed E-state index contributed by atoms with van der Waals surface area (Å²) in [4.78, 5) is 16.0. The molecule has 0 unspecified atom stereocenters. The van der Waals surface area contributed by atoms with Gasteiger partial charge in [-0.2, -0.15) is 13.2 Å². The van der Waals surface area contributed by atoms with Gasteiger partial charge >= 0.3 is 6.18 Å². The van der Waals surface area contributed by atoms with E-state index in [1.807, 2.05) is 0 Å². The van der Waals surface area contributed by atoms with E-state index in [0.717, 1.165) is 5.56 Å². The molecule has 1 aromatic carbocycles. The number of hydrogen-bond donors (Lipinski definition) is 0. The van der Waals surface area contributed by atoms with Crippen LogP contribution in [0, 0.1) is 12.7 Å². The number of ketones is 1. The molecular weight excluding hydrogens is 286 g/mol. The van der Waals surface area contributed by atoms with Gasteiger partial charge < -0.3 is 0 Å². The first kappa shape index (κ1) is 15.2. The number of rotatable bonds is 3. The molecule has 0 bridgehead atoms. The van der Waals surface area contributed by atoms with Crippen molar-refractivity contribution in [2.24, 2.45) is 0 Å². The molecule has 0 aliphatic rings. The first-order chi connectivity index (χ1) is 9.79. The summed E-state index contributed by atoms with van der Waals surface area (Å²) in [6.07, 6.45) is -3.40. The Hall–Kier alpha value is -2.24. The molecule has 0 N–H and O–H groups in total. The fourth-order valence-electron chi connectivity index (χ4n) is 1.87. The first-order valence-electron chi connectivity index (χ1n) is 6.09. The second-order valence-electron chi connectivity index (χ2n) is 4.56. The molecule has 2 rings (SSSR count). The molecule has 2 aromatic rings. The molecule has 0 fully saturated rings. The zero-order valence-electron chi connectivity index (χ0n) is 11.0. The van der Waals surface area contributed by atoms with Crippen LogP contribution in [0.25, 0.3) is 0 Å². The quantitative estimate of drug-likeness (QED) is 0.633. The smallest absolute Gasteiger partial charge is 0.294 e. The van der Waals surface area contributed by atoms with Gasteiger partial charge in [-0.3, -0.25) is 9.78 Å². The number of alkyl halides is 3. The summed E-state index contributed by atoms with van der Waals surface area (Å²) in [5, 5.41) is 0. The molecule has 1 aromatic heterocycles. The average Bonchev–Trinajstić information content (AvgIpc) is 2.40. The molecule has 110 valence electrons. The number of nitrogens with zero attached hydrogens (tertiary/aromatic N) is 1. The maximum atomic E-state index is 13.6. The van der Waals surface area contributed by atoms with Gasteiger partial charge in [-0.05, 0) is 36.8 Å². The molecule has 0 radical (unpaired) electrons. The van der Waals surface area contributed by atoms with Gasteiger partial charge in [0, 0.05) is 6.20 Å². The molecule has 0 saturated heterocycles. The van der Waals surface area contributed by atoms with Crippen molar-refractivity contribution < 1.29 is 22.4 Å². The Kier molecular flexibility index (Phi) is 4.06. The summed E-state index contributed by atoms with van der Waals surface area (Å²) in [6.45, 7) is 1.72. The monoisotopic (exact) mass is 297 g/mol. The van der Waals surface area contributed by atoms with Crippen LogP contribution in [0.2, 0.25) is 0 Å². The molecule has 6 heteroatoms. The average molecular weight is 297 g/mol. The Morgan fingerprint density at radius 2 is 1.95 bits per heavy atom. The van der Waals surface area contributed by atoms with Crippen molar-refractivity contribution >= 4 is 5.78 Å². The summed E-state index contributed by atoms with van der Waals surface area (Å²) in [6, 6.07) is 5.20. The number of halogens is 4. The van der Waals surface area contributed by atoms with Crippen LogP contribution in [0.15, 0.2) is 36.5 Å². The van der Waals surface area contributed by atoms with E-state index in [1.165, 1.54) is 6.20 Å². The first-order valence-corrected chi connectivity index (χ1v) is 6.09. The fraction of sp³-hybridized carbons (Fsp3) is 0.200. The third-order valence-electron chi connectivity index (χ3n) is 3.04. The van der Waals surface area contributed by atoms with Gasteiger partial charge in [0.05, 0.1) is 23.2 Å². The van der Waals surface area contributed by atoms with E-state index in [2.05, 4.69) is 4.98 Å². The van der Waals surface area contributed by atoms with Crippen molar-refractivity contribution in [2.75, 3.05) is 0 Å². The highest BCUT2D eigenvalue weighted by molar-refractivity contribution is 5.97. The van der Waals surface area contributed by atoms with E-state index in [0.29, 0.717) is 23.9 Å². The predicted octanol–water partition coefficient (Wildman–Crippen LogP) is 3.97. The molecular formula is C15H11F4NO. The topological polar surface area (TPSA) is 30.0 Å². The Balaban J connectivity index is 2.33. The summed E-state index contributed by atoms with van der Waals surface area (Å²) >= 11 is 0. The fourth-order valence-corrected chi connectivity index (χ4v) is 1.87. The largest absolute Gasteiger partial charge is 0.416 e. The summed E-state index contributed by atoms with van der Waals surface area (Å²) in [7, 11) is 0. The Bertz CT molecular complexity index is 680. The summed E-state index contributed by atoms with van der Waals surface area (Å²) in [5.41, 5.74) is -0.489. The molecule has 21 heavy (non-hydrogen) atoms. The Morgan fingerprint density at radius 3 is 2.57 bits per heavy atom. The highest BCUT2D eigenvalue weighted by Gasteiger charge is 2.31. The van der Waals surface area contributed by atoms with Crippen molar-refractivity contribution in [1.82, 2.24) is 4.98 Å². The maximum Gasteiger partial charge on any atom is 0.416 e. The third-order valence-corrected chi connectivity index (χ3v) is 3.04. The van der Waals surface area contributed by atoms with Gasteiger partial charge in [0.25, 0.3) is 0 Å². The van der Waals surface area contributed by atoms with Gasteiger partial charge in [-0.15, -0.1) is 0 Å². The third kappa shape index (κ3) is 3.45. The minimum absolute atomic E-state index is 0.245. The second-order valence-corrected chi connectivity index (χ2v) is 4.56. The number of aromatic nitrogens is 1. The van der Waals surface area contributed by atoms with Crippen LogP contribution in [0.1, 0.15) is 27.2 Å². The Morgan fingerprint density at radius 1 is 1.24 bits per heavy atom. The maximum absolute atomic E-state index is 13.6. The molecule has 0 atom stereocenters. The van der Waals surface area contributed by atoms with Gasteiger partial charge in [0.2, 0.25) is 0 Å². The lowest BCUT2D eigenvalue weighted by atomic mass is 10.0. The molecule has 1 heterocycles. The van der Waals surface area contributed by atoms with E-state index in [-0.39, 0.29) is 6.42 Å². The molecule has 0 saturated carbocycles. The minimum Gasteiger partial charge on any atom is -0.294 e. The zero-order valence-corrected chi connectivity index (χ0v) is 11.0. The van der Waals surface area contributed by atoms with E-state index < -0.39 is 28.9 Å². The number of benzene rings is 1. The van der Waals surface area contributed by atoms with Gasteiger partial charge in [0.1, 0.15) is 5.82 Å². The highest BCUT2D eigenvalue weighted by atomic mass is 19.4. The van der Waals surface area contributed by atoms with Gasteiger partial charge in [-0.25, -0.2) is 4.39 Å². The van der Waals surface area contributed by atoms with Crippen LogP contribution in [0.5, 0.6) is 0 Å². The van der Waals surface area contributed by atoms with Crippen LogP contribution < -0.4 is 0 Å².